The molecule has 1 heterocycles. The molecule has 0 saturated carbocycles. The highest BCUT2D eigenvalue weighted by molar-refractivity contribution is 6.08. The predicted octanol–water partition coefficient (Wildman–Crippen LogP) is 4.22. The number of hydrogen-bond donors (Lipinski definition) is 2. The maximum Gasteiger partial charge on any atom is 0.273 e. The van der Waals surface area contributed by atoms with Crippen molar-refractivity contribution in [3.8, 4) is 5.75 Å². The fourth-order valence-electron chi connectivity index (χ4n) is 3.07. The van der Waals surface area contributed by atoms with Crippen LogP contribution in [0, 0.1) is 0 Å². The first-order valence-corrected chi connectivity index (χ1v) is 10.3. The van der Waals surface area contributed by atoms with E-state index in [1.807, 2.05) is 31.2 Å². The zero-order valence-corrected chi connectivity index (χ0v) is 18.3. The molecule has 1 aromatic heterocycles. The number of carbonyl (C=O) groups is 2. The molecule has 0 bridgehead atoms. The first-order chi connectivity index (χ1) is 14.9. The number of ether oxygens (including phenoxy) is 1. The Morgan fingerprint density at radius 3 is 2.48 bits per heavy atom. The van der Waals surface area contributed by atoms with Crippen LogP contribution >= 0.6 is 0 Å². The minimum Gasteiger partial charge on any atom is -0.489 e. The predicted molar refractivity (Wildman–Crippen MR) is 121 cm³/mol. The van der Waals surface area contributed by atoms with Gasteiger partial charge in [-0.2, -0.15) is 5.10 Å². The molecular weight excluding hydrogens is 392 g/mol. The molecule has 3 rings (SSSR count). The van der Waals surface area contributed by atoms with Gasteiger partial charge in [0.1, 0.15) is 12.4 Å². The lowest BCUT2D eigenvalue weighted by molar-refractivity contribution is 0.0958. The van der Waals surface area contributed by atoms with Gasteiger partial charge in [0.25, 0.3) is 11.8 Å². The fraction of sp³-hybridized carbons (Fsp3) is 0.292. The van der Waals surface area contributed by atoms with Gasteiger partial charge in [-0.3, -0.25) is 14.3 Å². The Labute approximate surface area is 182 Å². The molecule has 31 heavy (non-hydrogen) atoms. The second kappa shape index (κ2) is 9.93. The molecular formula is C24H28N4O3. The summed E-state index contributed by atoms with van der Waals surface area (Å²) < 4.78 is 7.47. The number of amides is 2. The monoisotopic (exact) mass is 420 g/mol. The van der Waals surface area contributed by atoms with E-state index in [-0.39, 0.29) is 17.5 Å². The average Bonchev–Trinajstić information content (AvgIpc) is 3.20. The van der Waals surface area contributed by atoms with Crippen molar-refractivity contribution in [2.45, 2.75) is 39.8 Å². The Balaban J connectivity index is 1.69. The summed E-state index contributed by atoms with van der Waals surface area (Å²) in [4.78, 5) is 24.8. The highest BCUT2D eigenvalue weighted by atomic mass is 16.5. The molecule has 2 amide bonds. The lowest BCUT2D eigenvalue weighted by Gasteiger charge is -2.10. The van der Waals surface area contributed by atoms with Gasteiger partial charge >= 0.3 is 0 Å². The van der Waals surface area contributed by atoms with E-state index < -0.39 is 0 Å². The molecule has 0 atom stereocenters. The molecule has 0 radical (unpaired) electrons. The zero-order chi connectivity index (χ0) is 22.4. The molecule has 7 nitrogen and oxygen atoms in total. The van der Waals surface area contributed by atoms with Crippen LogP contribution in [0.5, 0.6) is 5.75 Å². The van der Waals surface area contributed by atoms with Gasteiger partial charge in [-0.05, 0) is 48.2 Å². The maximum atomic E-state index is 12.8. The first-order valence-electron chi connectivity index (χ1n) is 10.3. The van der Waals surface area contributed by atoms with Crippen molar-refractivity contribution < 1.29 is 14.3 Å². The maximum absolute atomic E-state index is 12.8. The summed E-state index contributed by atoms with van der Waals surface area (Å²) in [6.07, 6.45) is 1.65. The zero-order valence-electron chi connectivity index (χ0n) is 18.3. The number of aryl methyl sites for hydroxylation is 1. The molecule has 0 saturated heterocycles. The quantitative estimate of drug-likeness (QED) is 0.571. The van der Waals surface area contributed by atoms with Gasteiger partial charge < -0.3 is 15.4 Å². The minimum absolute atomic E-state index is 0.182. The van der Waals surface area contributed by atoms with Crippen molar-refractivity contribution in [3.63, 3.8) is 0 Å². The summed E-state index contributed by atoms with van der Waals surface area (Å²) >= 11 is 0. The molecule has 162 valence electrons. The Morgan fingerprint density at radius 2 is 1.84 bits per heavy atom. The van der Waals surface area contributed by atoms with E-state index in [0.29, 0.717) is 30.3 Å². The third-order valence-corrected chi connectivity index (χ3v) is 4.92. The Hall–Kier alpha value is -3.61. The molecule has 0 fully saturated rings. The number of benzene rings is 2. The highest BCUT2D eigenvalue weighted by Crippen LogP contribution is 2.20. The molecule has 2 N–H and O–H groups in total. The highest BCUT2D eigenvalue weighted by Gasteiger charge is 2.18. The van der Waals surface area contributed by atoms with Crippen LogP contribution in [0.25, 0.3) is 0 Å². The number of carbonyl (C=O) groups excluding carboxylic acids is 2. The van der Waals surface area contributed by atoms with Crippen molar-refractivity contribution >= 4 is 17.5 Å². The van der Waals surface area contributed by atoms with Crippen molar-refractivity contribution in [2.75, 3.05) is 12.4 Å². The van der Waals surface area contributed by atoms with E-state index in [1.165, 1.54) is 12.6 Å². The Morgan fingerprint density at radius 1 is 1.10 bits per heavy atom. The van der Waals surface area contributed by atoms with E-state index >= 15 is 0 Å². The van der Waals surface area contributed by atoms with Crippen molar-refractivity contribution in [1.29, 1.82) is 0 Å². The summed E-state index contributed by atoms with van der Waals surface area (Å²) in [5.41, 5.74) is 3.16. The lowest BCUT2D eigenvalue weighted by Crippen LogP contribution is -2.21. The van der Waals surface area contributed by atoms with Crippen LogP contribution < -0.4 is 15.4 Å². The Bertz CT molecular complexity index is 1050. The number of hydrogen-bond acceptors (Lipinski definition) is 4. The molecule has 0 aliphatic heterocycles. The van der Waals surface area contributed by atoms with Crippen LogP contribution in [-0.4, -0.2) is 28.6 Å². The summed E-state index contributed by atoms with van der Waals surface area (Å²) in [6, 6.07) is 15.3. The molecule has 7 heteroatoms. The molecule has 2 aromatic carbocycles. The van der Waals surface area contributed by atoms with Crippen LogP contribution in [0.2, 0.25) is 0 Å². The smallest absolute Gasteiger partial charge is 0.273 e. The van der Waals surface area contributed by atoms with Gasteiger partial charge in [0.05, 0.1) is 5.69 Å². The van der Waals surface area contributed by atoms with Gasteiger partial charge in [0.15, 0.2) is 5.69 Å². The normalized spacial score (nSPS) is 10.7. The largest absolute Gasteiger partial charge is 0.489 e. The van der Waals surface area contributed by atoms with Crippen molar-refractivity contribution in [2.24, 2.45) is 0 Å². The number of anilines is 1. The van der Waals surface area contributed by atoms with Gasteiger partial charge in [-0.15, -0.1) is 0 Å². The summed E-state index contributed by atoms with van der Waals surface area (Å²) in [5, 5.41) is 9.54. The Kier molecular flexibility index (Phi) is 7.07. The van der Waals surface area contributed by atoms with Crippen LogP contribution in [0.4, 0.5) is 5.69 Å². The van der Waals surface area contributed by atoms with E-state index in [9.17, 15) is 9.59 Å². The third kappa shape index (κ3) is 5.51. The van der Waals surface area contributed by atoms with Crippen LogP contribution in [-0.2, 0) is 13.2 Å². The lowest BCUT2D eigenvalue weighted by atomic mass is 10.0. The van der Waals surface area contributed by atoms with Crippen LogP contribution in [0.15, 0.2) is 54.7 Å². The number of rotatable bonds is 8. The molecule has 0 aliphatic carbocycles. The van der Waals surface area contributed by atoms with Crippen molar-refractivity contribution in [1.82, 2.24) is 15.1 Å². The van der Waals surface area contributed by atoms with Crippen molar-refractivity contribution in [3.05, 3.63) is 77.1 Å². The fourth-order valence-corrected chi connectivity index (χ4v) is 3.07. The summed E-state index contributed by atoms with van der Waals surface area (Å²) in [7, 11) is 1.53. The average molecular weight is 421 g/mol. The summed E-state index contributed by atoms with van der Waals surface area (Å²) in [6.45, 7) is 7.14. The third-order valence-electron chi connectivity index (χ3n) is 4.92. The van der Waals surface area contributed by atoms with Crippen LogP contribution in [0.1, 0.15) is 58.7 Å². The number of aromatic nitrogens is 2. The second-order valence-corrected chi connectivity index (χ2v) is 7.49. The standard InChI is InChI=1S/C24H28N4O3/c1-5-28-14-21(22(27-28)24(30)25-4)26-23(29)19-8-6-7-17(13-19)15-31-20-11-9-18(10-12-20)16(2)3/h6-14,16H,5,15H2,1-4H3,(H,25,30)(H,26,29). The van der Waals surface area contributed by atoms with Gasteiger partial charge in [-0.25, -0.2) is 0 Å². The van der Waals surface area contributed by atoms with Gasteiger partial charge in [0.2, 0.25) is 0 Å². The van der Waals surface area contributed by atoms with Gasteiger partial charge in [0, 0.05) is 25.4 Å². The second-order valence-electron chi connectivity index (χ2n) is 7.49. The first kappa shape index (κ1) is 22.1. The van der Waals surface area contributed by atoms with E-state index in [1.54, 1.807) is 23.0 Å². The summed E-state index contributed by atoms with van der Waals surface area (Å²) in [5.74, 6) is 0.580. The van der Waals surface area contributed by atoms with Gasteiger partial charge in [-0.1, -0.05) is 38.1 Å². The molecule has 0 aliphatic rings. The number of nitrogens with zero attached hydrogens (tertiary/aromatic N) is 2. The van der Waals surface area contributed by atoms with E-state index in [2.05, 4.69) is 41.7 Å². The molecule has 3 aromatic rings. The van der Waals surface area contributed by atoms with E-state index in [0.717, 1.165) is 11.3 Å². The van der Waals surface area contributed by atoms with Crippen LogP contribution in [0.3, 0.4) is 0 Å². The molecule has 0 unspecified atom stereocenters. The molecule has 0 spiro atoms. The SMILES string of the molecule is CCn1cc(NC(=O)c2cccc(COc3ccc(C(C)C)cc3)c2)c(C(=O)NC)n1. The number of nitrogens with one attached hydrogen (secondary N) is 2. The van der Waals surface area contributed by atoms with E-state index in [4.69, 9.17) is 4.74 Å². The minimum atomic E-state index is -0.354. The topological polar surface area (TPSA) is 85.2 Å².